The zero-order valence-electron chi connectivity index (χ0n) is 8.22. The first-order chi connectivity index (χ1) is 4.63. The van der Waals surface area contributed by atoms with Gasteiger partial charge in [0.2, 0.25) is 0 Å². The van der Waals surface area contributed by atoms with Gasteiger partial charge in [-0.2, -0.15) is 0 Å². The van der Waals surface area contributed by atoms with Crippen molar-refractivity contribution in [2.24, 2.45) is 0 Å². The zero-order chi connectivity index (χ0) is 7.72. The zero-order valence-corrected chi connectivity index (χ0v) is 9.84. The number of hydrogen-bond donors (Lipinski definition) is 4. The molecule has 0 radical (unpaired) electrons. The van der Waals surface area contributed by atoms with Crippen molar-refractivity contribution in [3.05, 3.63) is 0 Å². The Morgan fingerprint density at radius 3 is 2.09 bits per heavy atom. The Labute approximate surface area is 104 Å². The molecule has 0 aromatic heterocycles. The third kappa shape index (κ3) is 3.11. The third-order valence-electron chi connectivity index (χ3n) is 1.90. The van der Waals surface area contributed by atoms with Crippen LogP contribution in [0, 0.1) is 0 Å². The van der Waals surface area contributed by atoms with Gasteiger partial charge in [-0.05, 0) is 0 Å². The molecule has 1 aliphatic heterocycles. The second-order valence-electron chi connectivity index (χ2n) is 2.69. The van der Waals surface area contributed by atoms with Crippen molar-refractivity contribution in [2.45, 2.75) is 28.6 Å². The fraction of sp³-hybridized carbons (Fsp3) is 1.00. The maximum absolute atomic E-state index is 9.01. The van der Waals surface area contributed by atoms with Crippen LogP contribution in [0.2, 0.25) is 5.28 Å². The molecule has 0 aromatic rings. The molecular formula is C5H13AlCaO4. The van der Waals surface area contributed by atoms with E-state index in [-0.39, 0.29) is 40.6 Å². The number of hydrogen-bond acceptors (Lipinski definition) is 4. The summed E-state index contributed by atoms with van der Waals surface area (Å²) in [6.45, 7) is 0. The molecule has 11 heavy (non-hydrogen) atoms. The monoisotopic (exact) mass is 204 g/mol. The first-order valence-corrected chi connectivity index (χ1v) is 5.17. The average Bonchev–Trinajstić information content (AvgIpc) is 1.93. The Hall–Kier alpha value is 1.63. The van der Waals surface area contributed by atoms with Crippen LogP contribution in [0.1, 0.15) is 2.85 Å². The van der Waals surface area contributed by atoms with Gasteiger partial charge in [-0.3, -0.25) is 0 Å². The van der Waals surface area contributed by atoms with Gasteiger partial charge in [0.1, 0.15) is 6.10 Å². The fourth-order valence-corrected chi connectivity index (χ4v) is 2.78. The molecular weight excluding hydrogens is 191 g/mol. The molecule has 4 nitrogen and oxygen atoms in total. The van der Waals surface area contributed by atoms with Crippen molar-refractivity contribution in [1.82, 2.24) is 0 Å². The molecule has 0 aromatic carbocycles. The molecule has 0 spiro atoms. The van der Waals surface area contributed by atoms with Crippen LogP contribution >= 0.6 is 0 Å². The van der Waals surface area contributed by atoms with E-state index < -0.39 is 38.5 Å². The summed E-state index contributed by atoms with van der Waals surface area (Å²) in [5.74, 6) is 0. The Morgan fingerprint density at radius 2 is 1.64 bits per heavy atom. The van der Waals surface area contributed by atoms with Crippen LogP contribution in [0.3, 0.4) is 0 Å². The summed E-state index contributed by atoms with van der Waals surface area (Å²) in [6, 6.07) is 0. The first kappa shape index (κ1) is 12.6. The van der Waals surface area contributed by atoms with Gasteiger partial charge in [-0.1, -0.05) is 5.28 Å². The molecule has 6 heteroatoms. The molecule has 0 amide bonds. The van der Waals surface area contributed by atoms with Crippen molar-refractivity contribution in [2.75, 3.05) is 0 Å². The van der Waals surface area contributed by atoms with Crippen LogP contribution in [0.4, 0.5) is 0 Å². The Morgan fingerprint density at radius 1 is 1.09 bits per heavy atom. The van der Waals surface area contributed by atoms with Crippen LogP contribution in [-0.2, 0) is 0 Å². The minimum atomic E-state index is -1.16. The van der Waals surface area contributed by atoms with Gasteiger partial charge in [0, 0.05) is 4.97 Å². The SMILES string of the molecule is OC1[CH2][AlH][CH](O)C(O)C1O.[Ca+2].[H-].[H-]. The molecule has 4 unspecified atom stereocenters. The molecule has 1 rings (SSSR count). The fourth-order valence-electron chi connectivity index (χ4n) is 1.14. The van der Waals surface area contributed by atoms with Crippen LogP contribution in [0.25, 0.3) is 0 Å². The van der Waals surface area contributed by atoms with Gasteiger partial charge in [0.25, 0.3) is 15.2 Å². The molecule has 1 fully saturated rings. The summed E-state index contributed by atoms with van der Waals surface area (Å²) in [6.07, 6.45) is -3.11. The minimum absolute atomic E-state index is 0. The van der Waals surface area contributed by atoms with E-state index in [0.29, 0.717) is 5.28 Å². The topological polar surface area (TPSA) is 80.9 Å². The molecule has 0 saturated carbocycles. The van der Waals surface area contributed by atoms with E-state index in [0.717, 1.165) is 0 Å². The van der Waals surface area contributed by atoms with Gasteiger partial charge in [-0.15, -0.1) is 0 Å². The summed E-state index contributed by atoms with van der Waals surface area (Å²) in [5.41, 5.74) is 0. The van der Waals surface area contributed by atoms with Crippen molar-refractivity contribution in [3.63, 3.8) is 0 Å². The molecule has 4 atom stereocenters. The molecule has 0 bridgehead atoms. The van der Waals surface area contributed by atoms with E-state index in [9.17, 15) is 0 Å². The number of aliphatic hydroxyl groups is 4. The summed E-state index contributed by atoms with van der Waals surface area (Å²) < 4.78 is 0. The van der Waals surface area contributed by atoms with Gasteiger partial charge < -0.3 is 23.3 Å². The molecule has 1 heterocycles. The normalized spacial score (nSPS) is 44.0. The van der Waals surface area contributed by atoms with Gasteiger partial charge in [-0.25, -0.2) is 0 Å². The summed E-state index contributed by atoms with van der Waals surface area (Å²) >= 11 is -0.798. The van der Waals surface area contributed by atoms with Gasteiger partial charge in [0.05, 0.1) is 12.2 Å². The van der Waals surface area contributed by atoms with Crippen molar-refractivity contribution in [3.8, 4) is 0 Å². The summed E-state index contributed by atoms with van der Waals surface area (Å²) in [4.78, 5) is -0.751. The van der Waals surface area contributed by atoms with E-state index in [1.54, 1.807) is 0 Å². The first-order valence-electron chi connectivity index (χ1n) is 3.35. The molecule has 62 valence electrons. The van der Waals surface area contributed by atoms with Crippen LogP contribution < -0.4 is 0 Å². The average molecular weight is 204 g/mol. The van der Waals surface area contributed by atoms with Crippen molar-refractivity contribution < 1.29 is 23.3 Å². The predicted octanol–water partition coefficient (Wildman–Crippen LogP) is -2.90. The number of rotatable bonds is 0. The van der Waals surface area contributed by atoms with E-state index in [4.69, 9.17) is 20.4 Å². The maximum Gasteiger partial charge on any atom is 2.00 e. The third-order valence-corrected chi connectivity index (χ3v) is 3.90. The Kier molecular flexibility index (Phi) is 6.18. The molecule has 1 aliphatic rings. The van der Waals surface area contributed by atoms with Crippen LogP contribution in [-0.4, -0.2) is 96.7 Å². The van der Waals surface area contributed by atoms with Crippen molar-refractivity contribution >= 4 is 53.0 Å². The van der Waals surface area contributed by atoms with Crippen LogP contribution in [0.5, 0.6) is 0 Å². The van der Waals surface area contributed by atoms with E-state index in [1.807, 2.05) is 0 Å². The van der Waals surface area contributed by atoms with Crippen molar-refractivity contribution in [1.29, 1.82) is 0 Å². The predicted molar refractivity (Wildman–Crippen MR) is 44.0 cm³/mol. The number of aliphatic hydroxyl groups excluding tert-OH is 4. The second kappa shape index (κ2) is 5.38. The Balaban J connectivity index is -0.000000333. The summed E-state index contributed by atoms with van der Waals surface area (Å²) in [5, 5.41) is 36.4. The molecule has 0 aliphatic carbocycles. The minimum Gasteiger partial charge on any atom is -1.00 e. The maximum atomic E-state index is 9.01. The Bertz CT molecular complexity index is 119. The standard InChI is InChI=1S/C5H10O4.Al.Ca.3H/c1-3(7)5(9)4(8)2-6;;;;;/h2-9H,1H2;;;;;/q;;+2;;2*-1. The van der Waals surface area contributed by atoms with E-state index in [1.165, 1.54) is 0 Å². The van der Waals surface area contributed by atoms with Gasteiger partial charge in [0.15, 0.2) is 0 Å². The second-order valence-corrected chi connectivity index (χ2v) is 4.68. The quantitative estimate of drug-likeness (QED) is 0.319. The molecule has 4 N–H and O–H groups in total. The van der Waals surface area contributed by atoms with Gasteiger partial charge >= 0.3 is 37.7 Å². The van der Waals surface area contributed by atoms with E-state index >= 15 is 0 Å². The van der Waals surface area contributed by atoms with E-state index in [2.05, 4.69) is 0 Å². The smallest absolute Gasteiger partial charge is 1.00 e. The molecule has 1 saturated heterocycles. The van der Waals surface area contributed by atoms with Crippen LogP contribution in [0.15, 0.2) is 0 Å². The largest absolute Gasteiger partial charge is 2.00 e. The summed E-state index contributed by atoms with van der Waals surface area (Å²) in [7, 11) is 0.